The number of carboxylic acid groups (broad SMARTS) is 1. The zero-order valence-corrected chi connectivity index (χ0v) is 13.5. The Balaban J connectivity index is 1.71. The van der Waals surface area contributed by atoms with E-state index in [2.05, 4.69) is 4.98 Å². The van der Waals surface area contributed by atoms with Crippen molar-refractivity contribution in [3.63, 3.8) is 0 Å². The van der Waals surface area contributed by atoms with Crippen LogP contribution < -0.4 is 4.74 Å². The summed E-state index contributed by atoms with van der Waals surface area (Å²) in [5.74, 6) is 0.627. The molecule has 0 unspecified atom stereocenters. The van der Waals surface area contributed by atoms with E-state index in [0.717, 1.165) is 24.0 Å². The second kappa shape index (κ2) is 6.08. The Hall–Kier alpha value is -2.27. The molecular weight excluding hydrogens is 316 g/mol. The van der Waals surface area contributed by atoms with Gasteiger partial charge in [0.2, 0.25) is 0 Å². The van der Waals surface area contributed by atoms with Crippen LogP contribution in [-0.2, 0) is 0 Å². The molecule has 1 N–H and O–H groups in total. The second-order valence-electron chi connectivity index (χ2n) is 5.77. The number of ether oxygens (including phenoxy) is 1. The van der Waals surface area contributed by atoms with Crippen LogP contribution in [0.4, 0.5) is 4.79 Å². The van der Waals surface area contributed by atoms with Gasteiger partial charge in [0, 0.05) is 23.8 Å². The molecule has 1 aliphatic rings. The van der Waals surface area contributed by atoms with E-state index in [1.807, 2.05) is 30.3 Å². The number of likely N-dealkylation sites (N-methyl/N-ethyl adjacent to an activating group) is 1. The van der Waals surface area contributed by atoms with Crippen LogP contribution in [0, 0.1) is 0 Å². The predicted molar refractivity (Wildman–Crippen MR) is 87.9 cm³/mol. The summed E-state index contributed by atoms with van der Waals surface area (Å²) in [6, 6.07) is 9.39. The first-order valence-electron chi connectivity index (χ1n) is 7.31. The maximum atomic E-state index is 11.1. The van der Waals surface area contributed by atoms with E-state index in [4.69, 9.17) is 21.4 Å². The van der Waals surface area contributed by atoms with Crippen molar-refractivity contribution >= 4 is 17.7 Å². The SMILES string of the molecule is CN(C(=O)O)C1(COc2cncc(-c3ccc(Cl)cc3)c2)CC1. The van der Waals surface area contributed by atoms with E-state index in [1.165, 1.54) is 4.90 Å². The van der Waals surface area contributed by atoms with Crippen LogP contribution >= 0.6 is 11.6 Å². The first kappa shape index (κ1) is 15.6. The molecule has 0 radical (unpaired) electrons. The summed E-state index contributed by atoms with van der Waals surface area (Å²) in [5, 5.41) is 9.80. The largest absolute Gasteiger partial charge is 0.490 e. The Morgan fingerprint density at radius 3 is 2.61 bits per heavy atom. The predicted octanol–water partition coefficient (Wildman–Crippen LogP) is 3.92. The van der Waals surface area contributed by atoms with Crippen molar-refractivity contribution < 1.29 is 14.6 Å². The maximum absolute atomic E-state index is 11.1. The van der Waals surface area contributed by atoms with Crippen molar-refractivity contribution in [2.75, 3.05) is 13.7 Å². The number of amides is 1. The Morgan fingerprint density at radius 2 is 2.00 bits per heavy atom. The van der Waals surface area contributed by atoms with Crippen LogP contribution in [0.3, 0.4) is 0 Å². The van der Waals surface area contributed by atoms with E-state index in [1.54, 1.807) is 19.4 Å². The van der Waals surface area contributed by atoms with E-state index >= 15 is 0 Å². The van der Waals surface area contributed by atoms with Gasteiger partial charge in [0.25, 0.3) is 0 Å². The molecule has 6 heteroatoms. The second-order valence-corrected chi connectivity index (χ2v) is 6.21. The zero-order chi connectivity index (χ0) is 16.4. The number of rotatable bonds is 5. The van der Waals surface area contributed by atoms with E-state index < -0.39 is 11.6 Å². The number of halogens is 1. The molecule has 1 saturated carbocycles. The Morgan fingerprint density at radius 1 is 1.30 bits per heavy atom. The van der Waals surface area contributed by atoms with Gasteiger partial charge in [-0.2, -0.15) is 0 Å². The molecule has 1 fully saturated rings. The normalized spacial score (nSPS) is 15.0. The summed E-state index contributed by atoms with van der Waals surface area (Å²) in [4.78, 5) is 16.6. The van der Waals surface area contributed by atoms with Crippen molar-refractivity contribution in [2.24, 2.45) is 0 Å². The molecule has 0 saturated heterocycles. The molecule has 3 rings (SSSR count). The molecular formula is C17H17ClN2O3. The van der Waals surface area contributed by atoms with E-state index in [0.29, 0.717) is 17.4 Å². The van der Waals surface area contributed by atoms with Crippen molar-refractivity contribution in [1.82, 2.24) is 9.88 Å². The Labute approximate surface area is 139 Å². The average Bonchev–Trinajstić information content (AvgIpc) is 3.34. The number of aromatic nitrogens is 1. The van der Waals surface area contributed by atoms with Crippen molar-refractivity contribution in [3.8, 4) is 16.9 Å². The zero-order valence-electron chi connectivity index (χ0n) is 12.7. The van der Waals surface area contributed by atoms with E-state index in [9.17, 15) is 4.79 Å². The molecule has 1 heterocycles. The molecule has 23 heavy (non-hydrogen) atoms. The number of pyridine rings is 1. The smallest absolute Gasteiger partial charge is 0.407 e. The van der Waals surface area contributed by atoms with Gasteiger partial charge in [-0.1, -0.05) is 23.7 Å². The standard InChI is InChI=1S/C17H17ClN2O3/c1-20(16(21)22)17(6-7-17)11-23-15-8-13(9-19-10-15)12-2-4-14(18)5-3-12/h2-5,8-10H,6-7,11H2,1H3,(H,21,22). The van der Waals surface area contributed by atoms with Gasteiger partial charge in [0.1, 0.15) is 12.4 Å². The van der Waals surface area contributed by atoms with Crippen LogP contribution in [0.15, 0.2) is 42.7 Å². The summed E-state index contributed by atoms with van der Waals surface area (Å²) < 4.78 is 5.80. The number of benzene rings is 1. The molecule has 2 aromatic rings. The minimum Gasteiger partial charge on any atom is -0.490 e. The lowest BCUT2D eigenvalue weighted by molar-refractivity contribution is 0.109. The summed E-state index contributed by atoms with van der Waals surface area (Å²) >= 11 is 5.90. The van der Waals surface area contributed by atoms with Gasteiger partial charge in [0.15, 0.2) is 0 Å². The third-order valence-corrected chi connectivity index (χ3v) is 4.48. The highest BCUT2D eigenvalue weighted by Crippen LogP contribution is 2.41. The van der Waals surface area contributed by atoms with Gasteiger partial charge in [-0.3, -0.25) is 4.98 Å². The molecule has 1 aromatic heterocycles. The van der Waals surface area contributed by atoms with Gasteiger partial charge in [0.05, 0.1) is 11.7 Å². The fourth-order valence-electron chi connectivity index (χ4n) is 2.44. The molecule has 0 bridgehead atoms. The Bertz CT molecular complexity index is 714. The maximum Gasteiger partial charge on any atom is 0.407 e. The highest BCUT2D eigenvalue weighted by molar-refractivity contribution is 6.30. The van der Waals surface area contributed by atoms with Crippen molar-refractivity contribution in [2.45, 2.75) is 18.4 Å². The van der Waals surface area contributed by atoms with Crippen LogP contribution in [0.1, 0.15) is 12.8 Å². The molecule has 0 aliphatic heterocycles. The first-order chi connectivity index (χ1) is 11.0. The molecule has 1 aliphatic carbocycles. The van der Waals surface area contributed by atoms with Crippen molar-refractivity contribution in [3.05, 3.63) is 47.7 Å². The lowest BCUT2D eigenvalue weighted by Gasteiger charge is -2.25. The van der Waals surface area contributed by atoms with E-state index in [-0.39, 0.29) is 0 Å². The van der Waals surface area contributed by atoms with Gasteiger partial charge in [-0.15, -0.1) is 0 Å². The number of hydrogen-bond acceptors (Lipinski definition) is 3. The molecule has 0 atom stereocenters. The summed E-state index contributed by atoms with van der Waals surface area (Å²) in [6.07, 6.45) is 4.10. The summed E-state index contributed by atoms with van der Waals surface area (Å²) in [6.45, 7) is 0.335. The lowest BCUT2D eigenvalue weighted by Crippen LogP contribution is -2.42. The quantitative estimate of drug-likeness (QED) is 0.901. The average molecular weight is 333 g/mol. The number of nitrogens with zero attached hydrogens (tertiary/aromatic N) is 2. The van der Waals surface area contributed by atoms with Crippen LogP contribution in [0.2, 0.25) is 5.02 Å². The van der Waals surface area contributed by atoms with Gasteiger partial charge < -0.3 is 14.7 Å². The van der Waals surface area contributed by atoms with Gasteiger partial charge in [-0.05, 0) is 36.6 Å². The Kier molecular flexibility index (Phi) is 4.13. The molecule has 120 valence electrons. The molecule has 0 spiro atoms. The number of carbonyl (C=O) groups is 1. The summed E-state index contributed by atoms with van der Waals surface area (Å²) in [7, 11) is 1.58. The first-order valence-corrected chi connectivity index (χ1v) is 7.69. The third-order valence-electron chi connectivity index (χ3n) is 4.22. The highest BCUT2D eigenvalue weighted by atomic mass is 35.5. The van der Waals surface area contributed by atoms with Gasteiger partial charge >= 0.3 is 6.09 Å². The summed E-state index contributed by atoms with van der Waals surface area (Å²) in [5.41, 5.74) is 1.52. The number of hydrogen-bond donors (Lipinski definition) is 1. The highest BCUT2D eigenvalue weighted by Gasteiger charge is 2.49. The van der Waals surface area contributed by atoms with Crippen molar-refractivity contribution in [1.29, 1.82) is 0 Å². The minimum atomic E-state index is -0.931. The fourth-order valence-corrected chi connectivity index (χ4v) is 2.57. The van der Waals surface area contributed by atoms with Gasteiger partial charge in [-0.25, -0.2) is 4.79 Å². The molecule has 1 amide bonds. The van der Waals surface area contributed by atoms with Crippen LogP contribution in [0.25, 0.3) is 11.1 Å². The third kappa shape index (κ3) is 3.40. The topological polar surface area (TPSA) is 62.7 Å². The lowest BCUT2D eigenvalue weighted by atomic mass is 10.1. The minimum absolute atomic E-state index is 0.335. The fraction of sp³-hybridized carbons (Fsp3) is 0.294. The van der Waals surface area contributed by atoms with Crippen LogP contribution in [0.5, 0.6) is 5.75 Å². The molecule has 5 nitrogen and oxygen atoms in total. The van der Waals surface area contributed by atoms with Crippen LogP contribution in [-0.4, -0.2) is 40.3 Å². The monoisotopic (exact) mass is 332 g/mol. The molecule has 1 aromatic carbocycles.